The summed E-state index contributed by atoms with van der Waals surface area (Å²) in [5, 5.41) is -0.359. The maximum atomic E-state index is 13.8. The van der Waals surface area contributed by atoms with Crippen molar-refractivity contribution in [1.82, 2.24) is 14.7 Å². The fourth-order valence-electron chi connectivity index (χ4n) is 4.41. The molecule has 0 spiro atoms. The molecule has 1 aliphatic rings. The molecule has 0 saturated carbocycles. The van der Waals surface area contributed by atoms with Gasteiger partial charge < -0.3 is 10.6 Å². The Bertz CT molecular complexity index is 1360. The Kier molecular flexibility index (Phi) is 6.03. The van der Waals surface area contributed by atoms with Gasteiger partial charge in [0, 0.05) is 17.6 Å². The summed E-state index contributed by atoms with van der Waals surface area (Å²) in [4.78, 5) is 23.7. The van der Waals surface area contributed by atoms with Gasteiger partial charge in [0.1, 0.15) is 17.5 Å². The molecule has 1 saturated heterocycles. The molecule has 1 fully saturated rings. The van der Waals surface area contributed by atoms with Gasteiger partial charge in [0.2, 0.25) is 0 Å². The highest BCUT2D eigenvalue weighted by Crippen LogP contribution is 2.38. The number of nitrogens with two attached hydrogens (primary N) is 1. The topological polar surface area (TPSA) is 118 Å². The molecule has 0 unspecified atom stereocenters. The normalized spacial score (nSPS) is 17.5. The largest absolute Gasteiger partial charge is 0.384 e. The van der Waals surface area contributed by atoms with Crippen LogP contribution in [-0.4, -0.2) is 36.4 Å². The van der Waals surface area contributed by atoms with Crippen molar-refractivity contribution < 1.29 is 17.6 Å². The number of nitrogens with zero attached hydrogens (tertiary/aromatic N) is 3. The zero-order chi connectivity index (χ0) is 24.7. The number of halogens is 1. The second-order valence-corrected chi connectivity index (χ2v) is 10.8. The maximum Gasteiger partial charge on any atom is 0.281 e. The van der Waals surface area contributed by atoms with E-state index in [4.69, 9.17) is 10.7 Å². The Hall–Kier alpha value is -3.53. The molecule has 1 aromatic carbocycles. The molecule has 3 N–H and O–H groups in total. The average molecular weight is 484 g/mol. The Morgan fingerprint density at radius 3 is 2.53 bits per heavy atom. The first-order valence-corrected chi connectivity index (χ1v) is 12.3. The van der Waals surface area contributed by atoms with E-state index in [-0.39, 0.29) is 21.9 Å². The van der Waals surface area contributed by atoms with Gasteiger partial charge >= 0.3 is 0 Å². The number of hydrogen-bond donors (Lipinski definition) is 2. The molecule has 2 aromatic heterocycles. The van der Waals surface area contributed by atoms with Gasteiger partial charge in [-0.15, -0.1) is 0 Å². The fourth-order valence-corrected chi connectivity index (χ4v) is 5.35. The molecule has 10 heteroatoms. The first kappa shape index (κ1) is 23.6. The van der Waals surface area contributed by atoms with Crippen LogP contribution < -0.4 is 15.4 Å². The third-order valence-corrected chi connectivity index (χ3v) is 7.05. The average Bonchev–Trinajstić information content (AvgIpc) is 3.04. The van der Waals surface area contributed by atoms with Crippen LogP contribution in [0.4, 0.5) is 16.0 Å². The quantitative estimate of drug-likeness (QED) is 0.569. The number of carbonyl (C=O) groups is 1. The number of benzene rings is 1. The number of pyridine rings is 2. The van der Waals surface area contributed by atoms with E-state index in [9.17, 15) is 17.6 Å². The molecule has 1 aliphatic heterocycles. The zero-order valence-electron chi connectivity index (χ0n) is 19.1. The van der Waals surface area contributed by atoms with Crippen LogP contribution in [0.1, 0.15) is 37.6 Å². The van der Waals surface area contributed by atoms with Crippen molar-refractivity contribution in [2.45, 2.75) is 37.8 Å². The second kappa shape index (κ2) is 8.68. The zero-order valence-corrected chi connectivity index (χ0v) is 19.9. The van der Waals surface area contributed by atoms with Gasteiger partial charge in [0.25, 0.3) is 15.9 Å². The van der Waals surface area contributed by atoms with Crippen molar-refractivity contribution in [2.75, 3.05) is 17.2 Å². The van der Waals surface area contributed by atoms with Gasteiger partial charge in [0.15, 0.2) is 5.03 Å². The summed E-state index contributed by atoms with van der Waals surface area (Å²) in [6.45, 7) is 6.83. The number of amides is 1. The lowest BCUT2D eigenvalue weighted by Crippen LogP contribution is -2.41. The number of nitrogen functional groups attached to an aromatic ring is 1. The number of aromatic nitrogens is 2. The number of rotatable bonds is 5. The summed E-state index contributed by atoms with van der Waals surface area (Å²) in [7, 11) is -4.26. The van der Waals surface area contributed by atoms with E-state index in [0.29, 0.717) is 29.5 Å². The van der Waals surface area contributed by atoms with Crippen LogP contribution in [0.3, 0.4) is 0 Å². The minimum Gasteiger partial charge on any atom is -0.384 e. The van der Waals surface area contributed by atoms with Crippen LogP contribution in [0.25, 0.3) is 11.3 Å². The van der Waals surface area contributed by atoms with Crippen molar-refractivity contribution in [3.05, 3.63) is 66.0 Å². The predicted octanol–water partition coefficient (Wildman–Crippen LogP) is 3.61. The Morgan fingerprint density at radius 2 is 1.88 bits per heavy atom. The number of anilines is 2. The number of carbonyl (C=O) groups excluding carboxylic acids is 1. The molecular formula is C24H26FN5O3S. The van der Waals surface area contributed by atoms with Crippen molar-refractivity contribution in [3.63, 3.8) is 0 Å². The molecule has 3 aromatic rings. The Balaban J connectivity index is 1.77. The highest BCUT2D eigenvalue weighted by Gasteiger charge is 2.39. The smallest absolute Gasteiger partial charge is 0.281 e. The van der Waals surface area contributed by atoms with Crippen molar-refractivity contribution in [3.8, 4) is 11.3 Å². The van der Waals surface area contributed by atoms with Crippen LogP contribution in [0, 0.1) is 11.7 Å². The van der Waals surface area contributed by atoms with Crippen molar-refractivity contribution >= 4 is 27.6 Å². The van der Waals surface area contributed by atoms with Gasteiger partial charge in [-0.3, -0.25) is 4.79 Å². The Labute approximate surface area is 198 Å². The molecule has 3 heterocycles. The molecule has 0 radical (unpaired) electrons. The highest BCUT2D eigenvalue weighted by molar-refractivity contribution is 7.90. The summed E-state index contributed by atoms with van der Waals surface area (Å²) in [5.41, 5.74) is 6.39. The molecule has 4 rings (SSSR count). The lowest BCUT2D eigenvalue weighted by atomic mass is 9.97. The minimum absolute atomic E-state index is 0.0185. The summed E-state index contributed by atoms with van der Waals surface area (Å²) < 4.78 is 41.5. The Morgan fingerprint density at radius 1 is 1.15 bits per heavy atom. The van der Waals surface area contributed by atoms with E-state index < -0.39 is 21.7 Å². The van der Waals surface area contributed by atoms with Gasteiger partial charge in [-0.2, -0.15) is 8.42 Å². The second-order valence-electron chi connectivity index (χ2n) is 9.15. The maximum absolute atomic E-state index is 13.8. The lowest BCUT2D eigenvalue weighted by Gasteiger charge is -2.34. The standard InChI is InChI=1S/C24H26FN5O3S/c1-15-13-24(2,3)30(14-15)22-18(10-11-19(27-22)16-6-4-7-17(25)12-16)23(31)29-34(32,33)21-9-5-8-20(26)28-21/h4-12,15H,13-14H2,1-3H3,(H2,26,28)(H,29,31)/t15-/m0/s1. The molecular weight excluding hydrogens is 457 g/mol. The van der Waals surface area contributed by atoms with Gasteiger partial charge in [-0.1, -0.05) is 25.1 Å². The molecule has 1 amide bonds. The van der Waals surface area contributed by atoms with Gasteiger partial charge in [0.05, 0.1) is 11.3 Å². The van der Waals surface area contributed by atoms with Gasteiger partial charge in [-0.25, -0.2) is 19.1 Å². The molecule has 0 bridgehead atoms. The first-order valence-electron chi connectivity index (χ1n) is 10.8. The molecule has 8 nitrogen and oxygen atoms in total. The van der Waals surface area contributed by atoms with Crippen LogP contribution in [-0.2, 0) is 10.0 Å². The summed E-state index contributed by atoms with van der Waals surface area (Å²) in [5.74, 6) is -0.550. The van der Waals surface area contributed by atoms with Crippen LogP contribution in [0.15, 0.2) is 59.6 Å². The third kappa shape index (κ3) is 4.72. The summed E-state index contributed by atoms with van der Waals surface area (Å²) in [6, 6.07) is 13.2. The first-order chi connectivity index (χ1) is 16.0. The van der Waals surface area contributed by atoms with E-state index in [2.05, 4.69) is 16.6 Å². The summed E-state index contributed by atoms with van der Waals surface area (Å²) in [6.07, 6.45) is 0.867. The summed E-state index contributed by atoms with van der Waals surface area (Å²) >= 11 is 0. The molecule has 34 heavy (non-hydrogen) atoms. The molecule has 178 valence electrons. The molecule has 0 aliphatic carbocycles. The van der Waals surface area contributed by atoms with Crippen LogP contribution >= 0.6 is 0 Å². The van der Waals surface area contributed by atoms with Crippen molar-refractivity contribution in [2.24, 2.45) is 5.92 Å². The van der Waals surface area contributed by atoms with Crippen LogP contribution in [0.2, 0.25) is 0 Å². The molecule has 1 atom stereocenters. The fraction of sp³-hybridized carbons (Fsp3) is 0.292. The van der Waals surface area contributed by atoms with E-state index in [1.807, 2.05) is 18.7 Å². The van der Waals surface area contributed by atoms with E-state index in [0.717, 1.165) is 6.42 Å². The SMILES string of the molecule is C[C@@H]1CN(c2nc(-c3cccc(F)c3)ccc2C(=O)NS(=O)(=O)c2cccc(N)n2)C(C)(C)C1. The van der Waals surface area contributed by atoms with E-state index in [1.54, 1.807) is 18.2 Å². The van der Waals surface area contributed by atoms with E-state index >= 15 is 0 Å². The highest BCUT2D eigenvalue weighted by atomic mass is 32.2. The van der Waals surface area contributed by atoms with E-state index in [1.165, 1.54) is 36.4 Å². The predicted molar refractivity (Wildman–Crippen MR) is 128 cm³/mol. The number of sulfonamides is 1. The number of nitrogens with one attached hydrogen (secondary N) is 1. The third-order valence-electron chi connectivity index (χ3n) is 5.82. The minimum atomic E-state index is -4.26. The van der Waals surface area contributed by atoms with Gasteiger partial charge in [-0.05, 0) is 62.6 Å². The monoisotopic (exact) mass is 483 g/mol. The van der Waals surface area contributed by atoms with Crippen molar-refractivity contribution in [1.29, 1.82) is 0 Å². The number of hydrogen-bond acceptors (Lipinski definition) is 7. The van der Waals surface area contributed by atoms with Crippen LogP contribution in [0.5, 0.6) is 0 Å². The lowest BCUT2D eigenvalue weighted by molar-refractivity contribution is 0.0981.